The first-order valence-corrected chi connectivity index (χ1v) is 5.33. The van der Waals surface area contributed by atoms with Gasteiger partial charge < -0.3 is 5.73 Å². The van der Waals surface area contributed by atoms with Gasteiger partial charge in [0.1, 0.15) is 0 Å². The van der Waals surface area contributed by atoms with Gasteiger partial charge in [-0.05, 0) is 31.1 Å². The van der Waals surface area contributed by atoms with Crippen LogP contribution in [0.2, 0.25) is 0 Å². The average molecular weight is 182 g/mol. The van der Waals surface area contributed by atoms with Crippen molar-refractivity contribution in [3.63, 3.8) is 0 Å². The second kappa shape index (κ2) is 3.05. The van der Waals surface area contributed by atoms with Gasteiger partial charge in [-0.1, -0.05) is 6.92 Å². The van der Waals surface area contributed by atoms with Crippen LogP contribution in [0.25, 0.3) is 0 Å². The summed E-state index contributed by atoms with van der Waals surface area (Å²) in [6.07, 6.45) is 3.94. The van der Waals surface area contributed by atoms with Crippen LogP contribution < -0.4 is 5.73 Å². The molecule has 0 spiro atoms. The second-order valence-electron chi connectivity index (χ2n) is 3.70. The van der Waals surface area contributed by atoms with Crippen LogP contribution >= 0.6 is 11.3 Å². The summed E-state index contributed by atoms with van der Waals surface area (Å²) in [5.41, 5.74) is 6.73. The first kappa shape index (κ1) is 8.05. The lowest BCUT2D eigenvalue weighted by atomic mass is 10.0. The normalized spacial score (nSPS) is 19.4. The largest absolute Gasteiger partial charge is 0.375 e. The van der Waals surface area contributed by atoms with E-state index < -0.39 is 0 Å². The van der Waals surface area contributed by atoms with E-state index >= 15 is 0 Å². The van der Waals surface area contributed by atoms with Crippen molar-refractivity contribution in [1.82, 2.24) is 4.98 Å². The van der Waals surface area contributed by atoms with Crippen molar-refractivity contribution in [3.8, 4) is 0 Å². The molecule has 2 nitrogen and oxygen atoms in total. The molecule has 0 saturated heterocycles. The molecule has 12 heavy (non-hydrogen) atoms. The highest BCUT2D eigenvalue weighted by Crippen LogP contribution is 2.38. The van der Waals surface area contributed by atoms with Crippen molar-refractivity contribution in [3.05, 3.63) is 11.1 Å². The molecule has 0 amide bonds. The monoisotopic (exact) mass is 182 g/mol. The van der Waals surface area contributed by atoms with E-state index in [2.05, 4.69) is 17.3 Å². The van der Waals surface area contributed by atoms with Gasteiger partial charge in [0.2, 0.25) is 0 Å². The van der Waals surface area contributed by atoms with Crippen molar-refractivity contribution in [2.24, 2.45) is 11.8 Å². The van der Waals surface area contributed by atoms with Crippen LogP contribution in [0.1, 0.15) is 25.5 Å². The Morgan fingerprint density at radius 3 is 3.00 bits per heavy atom. The molecule has 2 N–H and O–H groups in total. The van der Waals surface area contributed by atoms with Gasteiger partial charge in [0, 0.05) is 5.38 Å². The van der Waals surface area contributed by atoms with Crippen molar-refractivity contribution >= 4 is 16.5 Å². The molecule has 1 saturated carbocycles. The molecular weight excluding hydrogens is 168 g/mol. The summed E-state index contributed by atoms with van der Waals surface area (Å²) in [5.74, 6) is 1.76. The molecule has 1 aromatic heterocycles. The Hall–Kier alpha value is -0.570. The predicted octanol–water partition coefficient (Wildman–Crippen LogP) is 2.31. The van der Waals surface area contributed by atoms with Crippen molar-refractivity contribution in [2.45, 2.75) is 26.2 Å². The number of thiazole rings is 1. The van der Waals surface area contributed by atoms with Gasteiger partial charge in [-0.25, -0.2) is 4.98 Å². The van der Waals surface area contributed by atoms with Gasteiger partial charge in [0.05, 0.1) is 5.69 Å². The van der Waals surface area contributed by atoms with E-state index in [-0.39, 0.29) is 0 Å². The number of rotatable bonds is 3. The van der Waals surface area contributed by atoms with E-state index in [9.17, 15) is 0 Å². The number of hydrogen-bond acceptors (Lipinski definition) is 3. The smallest absolute Gasteiger partial charge is 0.180 e. The minimum Gasteiger partial charge on any atom is -0.375 e. The third kappa shape index (κ3) is 1.78. The molecule has 1 heterocycles. The standard InChI is InChI=1S/C9H14N2S/c1-6(7-2-3-7)4-8-5-12-9(10)11-8/h5-7H,2-4H2,1H3,(H2,10,11). The molecule has 1 aromatic rings. The molecule has 1 fully saturated rings. The molecule has 3 heteroatoms. The van der Waals surface area contributed by atoms with Gasteiger partial charge in [0.15, 0.2) is 5.13 Å². The molecule has 1 aliphatic rings. The van der Waals surface area contributed by atoms with E-state index in [4.69, 9.17) is 5.73 Å². The number of nitrogens with two attached hydrogens (primary N) is 1. The first-order chi connectivity index (χ1) is 5.75. The number of aromatic nitrogens is 1. The highest BCUT2D eigenvalue weighted by atomic mass is 32.1. The van der Waals surface area contributed by atoms with E-state index in [0.29, 0.717) is 5.13 Å². The van der Waals surface area contributed by atoms with Crippen molar-refractivity contribution in [1.29, 1.82) is 0 Å². The second-order valence-corrected chi connectivity index (χ2v) is 4.59. The Morgan fingerprint density at radius 1 is 1.75 bits per heavy atom. The van der Waals surface area contributed by atoms with Gasteiger partial charge in [0.25, 0.3) is 0 Å². The molecule has 0 aliphatic heterocycles. The lowest BCUT2D eigenvalue weighted by Gasteiger charge is -2.05. The number of nitrogen functional groups attached to an aromatic ring is 1. The molecule has 0 aromatic carbocycles. The topological polar surface area (TPSA) is 38.9 Å². The average Bonchev–Trinajstić information content (AvgIpc) is 2.78. The number of nitrogens with zero attached hydrogens (tertiary/aromatic N) is 1. The quantitative estimate of drug-likeness (QED) is 0.779. The van der Waals surface area contributed by atoms with Crippen LogP contribution in [0.4, 0.5) is 5.13 Å². The van der Waals surface area contributed by atoms with Crippen LogP contribution in [0.5, 0.6) is 0 Å². The lowest BCUT2D eigenvalue weighted by molar-refractivity contribution is 0.502. The number of anilines is 1. The molecule has 2 rings (SSSR count). The van der Waals surface area contributed by atoms with E-state index in [1.54, 1.807) is 11.3 Å². The Labute approximate surface area is 76.8 Å². The Balaban J connectivity index is 1.93. The maximum atomic E-state index is 5.55. The summed E-state index contributed by atoms with van der Waals surface area (Å²) < 4.78 is 0. The van der Waals surface area contributed by atoms with Gasteiger partial charge in [-0.3, -0.25) is 0 Å². The van der Waals surface area contributed by atoms with Gasteiger partial charge in [-0.2, -0.15) is 0 Å². The zero-order valence-corrected chi connectivity index (χ0v) is 8.10. The molecule has 0 radical (unpaired) electrons. The number of hydrogen-bond donors (Lipinski definition) is 1. The van der Waals surface area contributed by atoms with Crippen molar-refractivity contribution in [2.75, 3.05) is 5.73 Å². The summed E-state index contributed by atoms with van der Waals surface area (Å²) in [6, 6.07) is 0. The Morgan fingerprint density at radius 2 is 2.50 bits per heavy atom. The zero-order chi connectivity index (χ0) is 8.55. The highest BCUT2D eigenvalue weighted by molar-refractivity contribution is 7.13. The first-order valence-electron chi connectivity index (χ1n) is 4.45. The third-order valence-corrected chi connectivity index (χ3v) is 3.25. The van der Waals surface area contributed by atoms with Crippen LogP contribution in [0.3, 0.4) is 0 Å². The lowest BCUT2D eigenvalue weighted by Crippen LogP contribution is -2.02. The van der Waals surface area contributed by atoms with Crippen molar-refractivity contribution < 1.29 is 0 Å². The fourth-order valence-electron chi connectivity index (χ4n) is 1.58. The third-order valence-electron chi connectivity index (χ3n) is 2.53. The molecular formula is C9H14N2S. The van der Waals surface area contributed by atoms with E-state index in [1.807, 2.05) is 0 Å². The maximum absolute atomic E-state index is 5.55. The predicted molar refractivity (Wildman–Crippen MR) is 52.1 cm³/mol. The van der Waals surface area contributed by atoms with Crippen LogP contribution in [-0.2, 0) is 6.42 Å². The summed E-state index contributed by atoms with van der Waals surface area (Å²) >= 11 is 1.55. The van der Waals surface area contributed by atoms with Crippen LogP contribution in [0, 0.1) is 11.8 Å². The summed E-state index contributed by atoms with van der Waals surface area (Å²) in [7, 11) is 0. The van der Waals surface area contributed by atoms with Crippen LogP contribution in [-0.4, -0.2) is 4.98 Å². The molecule has 0 bridgehead atoms. The summed E-state index contributed by atoms with van der Waals surface area (Å²) in [5, 5.41) is 2.78. The molecule has 1 atom stereocenters. The summed E-state index contributed by atoms with van der Waals surface area (Å²) in [6.45, 7) is 2.31. The molecule has 66 valence electrons. The zero-order valence-electron chi connectivity index (χ0n) is 7.29. The fraction of sp³-hybridized carbons (Fsp3) is 0.667. The van der Waals surface area contributed by atoms with E-state index in [1.165, 1.54) is 18.5 Å². The summed E-state index contributed by atoms with van der Waals surface area (Å²) in [4.78, 5) is 4.26. The van der Waals surface area contributed by atoms with Gasteiger partial charge in [-0.15, -0.1) is 11.3 Å². The SMILES string of the molecule is CC(Cc1csc(N)n1)C1CC1. The maximum Gasteiger partial charge on any atom is 0.180 e. The van der Waals surface area contributed by atoms with Crippen LogP contribution in [0.15, 0.2) is 5.38 Å². The molecule has 1 unspecified atom stereocenters. The minimum absolute atomic E-state index is 0.702. The highest BCUT2D eigenvalue weighted by Gasteiger charge is 2.28. The minimum atomic E-state index is 0.702. The Bertz CT molecular complexity index is 265. The molecule has 1 aliphatic carbocycles. The van der Waals surface area contributed by atoms with Gasteiger partial charge >= 0.3 is 0 Å². The Kier molecular flexibility index (Phi) is 2.05. The fourth-order valence-corrected chi connectivity index (χ4v) is 2.15. The van der Waals surface area contributed by atoms with E-state index in [0.717, 1.165) is 18.3 Å².